The van der Waals surface area contributed by atoms with Crippen molar-refractivity contribution < 1.29 is 4.79 Å². The van der Waals surface area contributed by atoms with Gasteiger partial charge in [-0.05, 0) is 39.2 Å². The largest absolute Gasteiger partial charge is 0.349 e. The van der Waals surface area contributed by atoms with Crippen LogP contribution in [0.3, 0.4) is 0 Å². The van der Waals surface area contributed by atoms with E-state index in [1.54, 1.807) is 4.90 Å². The number of hydrogen-bond acceptors (Lipinski definition) is 2. The molecule has 0 bridgehead atoms. The first-order valence-corrected chi connectivity index (χ1v) is 5.95. The molecule has 0 aliphatic carbocycles. The third kappa shape index (κ3) is 3.82. The van der Waals surface area contributed by atoms with E-state index in [-0.39, 0.29) is 5.91 Å². The topological polar surface area (TPSA) is 23.6 Å². The van der Waals surface area contributed by atoms with Crippen molar-refractivity contribution in [3.63, 3.8) is 0 Å². The monoisotopic (exact) mass is 212 g/mol. The molecule has 3 heteroatoms. The number of carbonyl (C=O) groups is 1. The van der Waals surface area contributed by atoms with Gasteiger partial charge in [0.2, 0.25) is 5.91 Å². The third-order valence-electron chi connectivity index (χ3n) is 3.31. The molecule has 0 aromatic carbocycles. The molecule has 1 unspecified atom stereocenters. The van der Waals surface area contributed by atoms with Crippen LogP contribution in [0, 0.1) is 5.92 Å². The lowest BCUT2D eigenvalue weighted by atomic mass is 10.0. The number of amides is 1. The molecule has 3 nitrogen and oxygen atoms in total. The van der Waals surface area contributed by atoms with Gasteiger partial charge in [-0.2, -0.15) is 0 Å². The standard InChI is InChI=1S/C12H24N2O/c1-10(2)14-8-7-11(9-14)5-6-12(15)13(3)4/h10-11H,5-9H2,1-4H3. The van der Waals surface area contributed by atoms with Crippen LogP contribution in [0.1, 0.15) is 33.1 Å². The van der Waals surface area contributed by atoms with Crippen molar-refractivity contribution in [3.05, 3.63) is 0 Å². The first-order chi connectivity index (χ1) is 7.00. The van der Waals surface area contributed by atoms with Crippen molar-refractivity contribution >= 4 is 5.91 Å². The van der Waals surface area contributed by atoms with E-state index < -0.39 is 0 Å². The Morgan fingerprint density at radius 3 is 2.60 bits per heavy atom. The van der Waals surface area contributed by atoms with Crippen LogP contribution < -0.4 is 0 Å². The van der Waals surface area contributed by atoms with Gasteiger partial charge >= 0.3 is 0 Å². The molecule has 88 valence electrons. The zero-order chi connectivity index (χ0) is 11.4. The van der Waals surface area contributed by atoms with Crippen LogP contribution in [0.5, 0.6) is 0 Å². The zero-order valence-electron chi connectivity index (χ0n) is 10.5. The molecule has 1 aliphatic heterocycles. The third-order valence-corrected chi connectivity index (χ3v) is 3.31. The lowest BCUT2D eigenvalue weighted by Gasteiger charge is -2.20. The first kappa shape index (κ1) is 12.5. The smallest absolute Gasteiger partial charge is 0.222 e. The second-order valence-corrected chi connectivity index (χ2v) is 5.07. The summed E-state index contributed by atoms with van der Waals surface area (Å²) in [7, 11) is 3.66. The predicted molar refractivity (Wildman–Crippen MR) is 62.7 cm³/mol. The van der Waals surface area contributed by atoms with Gasteiger partial charge in [0.1, 0.15) is 0 Å². The highest BCUT2D eigenvalue weighted by Crippen LogP contribution is 2.22. The van der Waals surface area contributed by atoms with Crippen molar-refractivity contribution in [2.24, 2.45) is 5.92 Å². The maximum Gasteiger partial charge on any atom is 0.222 e. The summed E-state index contributed by atoms with van der Waals surface area (Å²) >= 11 is 0. The molecule has 0 aromatic heterocycles. The molecule has 0 spiro atoms. The minimum atomic E-state index is 0.262. The van der Waals surface area contributed by atoms with Gasteiger partial charge in [0, 0.05) is 33.1 Å². The molecule has 1 heterocycles. The molecule has 1 amide bonds. The van der Waals surface area contributed by atoms with Gasteiger partial charge in [0.25, 0.3) is 0 Å². The van der Waals surface area contributed by atoms with Crippen LogP contribution in [-0.4, -0.2) is 48.9 Å². The molecule has 0 N–H and O–H groups in total. The van der Waals surface area contributed by atoms with Crippen molar-refractivity contribution in [3.8, 4) is 0 Å². The van der Waals surface area contributed by atoms with Gasteiger partial charge in [-0.1, -0.05) is 0 Å². The Morgan fingerprint density at radius 2 is 2.13 bits per heavy atom. The molecule has 1 fully saturated rings. The van der Waals surface area contributed by atoms with Gasteiger partial charge in [0.15, 0.2) is 0 Å². The van der Waals surface area contributed by atoms with Crippen LogP contribution in [0.25, 0.3) is 0 Å². The minimum absolute atomic E-state index is 0.262. The quantitative estimate of drug-likeness (QED) is 0.706. The van der Waals surface area contributed by atoms with E-state index in [9.17, 15) is 4.79 Å². The number of hydrogen-bond donors (Lipinski definition) is 0. The zero-order valence-corrected chi connectivity index (χ0v) is 10.5. The van der Waals surface area contributed by atoms with Crippen molar-refractivity contribution in [2.75, 3.05) is 27.2 Å². The maximum absolute atomic E-state index is 11.4. The van der Waals surface area contributed by atoms with Crippen LogP contribution in [0.2, 0.25) is 0 Å². The second-order valence-electron chi connectivity index (χ2n) is 5.07. The number of carbonyl (C=O) groups excluding carboxylic acids is 1. The summed E-state index contributed by atoms with van der Waals surface area (Å²) in [6.07, 6.45) is 3.03. The SMILES string of the molecule is CC(C)N1CCC(CCC(=O)N(C)C)C1. The molecule has 1 aliphatic rings. The lowest BCUT2D eigenvalue weighted by molar-refractivity contribution is -0.128. The second kappa shape index (κ2) is 5.50. The van der Waals surface area contributed by atoms with E-state index in [0.29, 0.717) is 12.5 Å². The van der Waals surface area contributed by atoms with Crippen LogP contribution in [-0.2, 0) is 4.79 Å². The molecular formula is C12H24N2O. The maximum atomic E-state index is 11.4. The summed E-state index contributed by atoms with van der Waals surface area (Å²) in [5, 5.41) is 0. The molecule has 1 saturated heterocycles. The highest BCUT2D eigenvalue weighted by Gasteiger charge is 2.24. The summed E-state index contributed by atoms with van der Waals surface area (Å²) in [6, 6.07) is 0.652. The number of nitrogens with zero attached hydrogens (tertiary/aromatic N) is 2. The van der Waals surface area contributed by atoms with Crippen LogP contribution in [0.4, 0.5) is 0 Å². The summed E-state index contributed by atoms with van der Waals surface area (Å²) in [5.41, 5.74) is 0. The van der Waals surface area contributed by atoms with Crippen LogP contribution >= 0.6 is 0 Å². The van der Waals surface area contributed by atoms with E-state index >= 15 is 0 Å². The predicted octanol–water partition coefficient (Wildman–Crippen LogP) is 1.59. The summed E-state index contributed by atoms with van der Waals surface area (Å²) in [4.78, 5) is 15.6. The summed E-state index contributed by atoms with van der Waals surface area (Å²) < 4.78 is 0. The molecule has 1 rings (SSSR count). The fourth-order valence-electron chi connectivity index (χ4n) is 2.12. The highest BCUT2D eigenvalue weighted by molar-refractivity contribution is 5.75. The van der Waals surface area contributed by atoms with Gasteiger partial charge in [0.05, 0.1) is 0 Å². The number of rotatable bonds is 4. The summed E-state index contributed by atoms with van der Waals surface area (Å²) in [6.45, 7) is 6.87. The van der Waals surface area contributed by atoms with E-state index in [4.69, 9.17) is 0 Å². The molecule has 0 radical (unpaired) electrons. The Labute approximate surface area is 93.4 Å². The van der Waals surface area contributed by atoms with Gasteiger partial charge in [-0.15, -0.1) is 0 Å². The van der Waals surface area contributed by atoms with Crippen molar-refractivity contribution in [1.29, 1.82) is 0 Å². The lowest BCUT2D eigenvalue weighted by Crippen LogP contribution is -2.28. The Hall–Kier alpha value is -0.570. The van der Waals surface area contributed by atoms with Gasteiger partial charge in [-0.25, -0.2) is 0 Å². The van der Waals surface area contributed by atoms with Gasteiger partial charge < -0.3 is 9.80 Å². The number of likely N-dealkylation sites (tertiary alicyclic amines) is 1. The van der Waals surface area contributed by atoms with Gasteiger partial charge in [-0.3, -0.25) is 4.79 Å². The fraction of sp³-hybridized carbons (Fsp3) is 0.917. The van der Waals surface area contributed by atoms with E-state index in [0.717, 1.165) is 12.3 Å². The average Bonchev–Trinajstić information content (AvgIpc) is 2.62. The Morgan fingerprint density at radius 1 is 1.47 bits per heavy atom. The normalized spacial score (nSPS) is 22.3. The fourth-order valence-corrected chi connectivity index (χ4v) is 2.12. The molecular weight excluding hydrogens is 188 g/mol. The Balaban J connectivity index is 2.22. The molecule has 0 aromatic rings. The molecule has 1 atom stereocenters. The van der Waals surface area contributed by atoms with Crippen LogP contribution in [0.15, 0.2) is 0 Å². The van der Waals surface area contributed by atoms with E-state index in [1.807, 2.05) is 14.1 Å². The van der Waals surface area contributed by atoms with Crippen molar-refractivity contribution in [2.45, 2.75) is 39.2 Å². The van der Waals surface area contributed by atoms with E-state index in [2.05, 4.69) is 18.7 Å². The molecule has 0 saturated carbocycles. The highest BCUT2D eigenvalue weighted by atomic mass is 16.2. The Kier molecular flexibility index (Phi) is 4.58. The first-order valence-electron chi connectivity index (χ1n) is 5.95. The van der Waals surface area contributed by atoms with Crippen molar-refractivity contribution in [1.82, 2.24) is 9.80 Å². The molecule has 15 heavy (non-hydrogen) atoms. The average molecular weight is 212 g/mol. The van der Waals surface area contributed by atoms with E-state index in [1.165, 1.54) is 19.5 Å². The summed E-state index contributed by atoms with van der Waals surface area (Å²) in [5.74, 6) is 0.995. The Bertz CT molecular complexity index is 214. The minimum Gasteiger partial charge on any atom is -0.349 e.